The second-order valence-corrected chi connectivity index (χ2v) is 6.75. The molecule has 3 heterocycles. The number of imidazole rings is 1. The van der Waals surface area contributed by atoms with Crippen LogP contribution in [0.25, 0.3) is 16.9 Å². The van der Waals surface area contributed by atoms with E-state index in [0.29, 0.717) is 19.5 Å². The molecular formula is C22H22N6O. The Balaban J connectivity index is 1.45. The first-order chi connectivity index (χ1) is 14.2. The number of aromatic nitrogens is 4. The molecule has 29 heavy (non-hydrogen) atoms. The molecule has 0 saturated carbocycles. The van der Waals surface area contributed by atoms with Gasteiger partial charge in [0.05, 0.1) is 18.4 Å². The number of hydrogen-bond donors (Lipinski definition) is 2. The van der Waals surface area contributed by atoms with Crippen molar-refractivity contribution < 1.29 is 4.79 Å². The van der Waals surface area contributed by atoms with Crippen LogP contribution in [0.5, 0.6) is 0 Å². The van der Waals surface area contributed by atoms with Crippen LogP contribution in [-0.2, 0) is 11.3 Å². The molecule has 146 valence electrons. The lowest BCUT2D eigenvalue weighted by atomic mass is 10.1. The Morgan fingerprint density at radius 1 is 1.10 bits per heavy atom. The monoisotopic (exact) mass is 386 g/mol. The largest absolute Gasteiger partial charge is 0.369 e. The number of fused-ring (bicyclic) bond motifs is 1. The van der Waals surface area contributed by atoms with Gasteiger partial charge >= 0.3 is 0 Å². The van der Waals surface area contributed by atoms with Crippen molar-refractivity contribution in [2.24, 2.45) is 0 Å². The molecule has 0 radical (unpaired) electrons. The van der Waals surface area contributed by atoms with Crippen LogP contribution in [0.2, 0.25) is 0 Å². The molecule has 2 N–H and O–H groups in total. The van der Waals surface area contributed by atoms with Gasteiger partial charge in [0.25, 0.3) is 0 Å². The number of carbonyl (C=O) groups excluding carboxylic acids is 1. The summed E-state index contributed by atoms with van der Waals surface area (Å²) in [7, 11) is 0. The highest BCUT2D eigenvalue weighted by molar-refractivity contribution is 5.78. The molecule has 0 atom stereocenters. The number of benzene rings is 1. The van der Waals surface area contributed by atoms with Crippen LogP contribution in [-0.4, -0.2) is 31.8 Å². The summed E-state index contributed by atoms with van der Waals surface area (Å²) in [6.45, 7) is 2.97. The smallest absolute Gasteiger partial charge is 0.222 e. The molecule has 0 bridgehead atoms. The van der Waals surface area contributed by atoms with Gasteiger partial charge in [-0.2, -0.15) is 0 Å². The lowest BCUT2D eigenvalue weighted by Crippen LogP contribution is -2.25. The molecule has 4 rings (SSSR count). The number of anilines is 1. The number of pyridine rings is 1. The van der Waals surface area contributed by atoms with Crippen LogP contribution in [0, 0.1) is 6.92 Å². The quantitative estimate of drug-likeness (QED) is 0.509. The molecule has 0 spiro atoms. The van der Waals surface area contributed by atoms with Gasteiger partial charge in [-0.15, -0.1) is 0 Å². The average Bonchev–Trinajstić information content (AvgIpc) is 3.12. The summed E-state index contributed by atoms with van der Waals surface area (Å²) in [4.78, 5) is 25.3. The van der Waals surface area contributed by atoms with Gasteiger partial charge < -0.3 is 10.6 Å². The standard InChI is InChI=1S/C22H22N6O/c1-16-5-7-17(8-6-16)21-22(28-13-12-23-15-19(28)27-21)25-11-9-20(29)26-14-18-4-2-3-10-24-18/h2-8,10,12-13,15,25H,9,11,14H2,1H3,(H,26,29). The minimum absolute atomic E-state index is 0.0319. The second kappa shape index (κ2) is 8.52. The fourth-order valence-corrected chi connectivity index (χ4v) is 3.06. The number of hydrogen-bond acceptors (Lipinski definition) is 5. The maximum atomic E-state index is 12.2. The Bertz CT molecular complexity index is 1110. The van der Waals surface area contributed by atoms with Gasteiger partial charge in [0, 0.05) is 37.1 Å². The van der Waals surface area contributed by atoms with E-state index in [9.17, 15) is 4.79 Å². The zero-order chi connectivity index (χ0) is 20.1. The molecule has 0 fully saturated rings. The Kier molecular flexibility index (Phi) is 5.47. The van der Waals surface area contributed by atoms with E-state index >= 15 is 0 Å². The van der Waals surface area contributed by atoms with Crippen LogP contribution in [0.3, 0.4) is 0 Å². The first-order valence-electron chi connectivity index (χ1n) is 9.50. The summed E-state index contributed by atoms with van der Waals surface area (Å²) in [5, 5.41) is 6.27. The molecule has 0 unspecified atom stereocenters. The Hall–Kier alpha value is -3.74. The number of amides is 1. The summed E-state index contributed by atoms with van der Waals surface area (Å²) in [5.41, 5.74) is 4.64. The maximum Gasteiger partial charge on any atom is 0.222 e. The molecule has 7 nitrogen and oxygen atoms in total. The summed E-state index contributed by atoms with van der Waals surface area (Å²) in [6, 6.07) is 13.9. The molecule has 4 aromatic rings. The first-order valence-corrected chi connectivity index (χ1v) is 9.50. The molecule has 3 aromatic heterocycles. The molecule has 7 heteroatoms. The van der Waals surface area contributed by atoms with Crippen LogP contribution < -0.4 is 10.6 Å². The fraction of sp³-hybridized carbons (Fsp3) is 0.182. The van der Waals surface area contributed by atoms with Crippen molar-refractivity contribution in [3.8, 4) is 11.3 Å². The zero-order valence-electron chi connectivity index (χ0n) is 16.2. The number of carbonyl (C=O) groups is 1. The van der Waals surface area contributed by atoms with Crippen molar-refractivity contribution >= 4 is 17.4 Å². The van der Waals surface area contributed by atoms with Crippen LogP contribution in [0.1, 0.15) is 17.7 Å². The number of rotatable bonds is 7. The van der Waals surface area contributed by atoms with Gasteiger partial charge in [0.15, 0.2) is 5.65 Å². The number of nitrogens with zero attached hydrogens (tertiary/aromatic N) is 4. The van der Waals surface area contributed by atoms with Crippen molar-refractivity contribution in [3.63, 3.8) is 0 Å². The lowest BCUT2D eigenvalue weighted by molar-refractivity contribution is -0.121. The highest BCUT2D eigenvalue weighted by atomic mass is 16.1. The molecule has 0 aliphatic heterocycles. The summed E-state index contributed by atoms with van der Waals surface area (Å²) in [5.74, 6) is 0.819. The number of nitrogens with one attached hydrogen (secondary N) is 2. The third kappa shape index (κ3) is 4.40. The van der Waals surface area contributed by atoms with E-state index < -0.39 is 0 Å². The highest BCUT2D eigenvalue weighted by Gasteiger charge is 2.14. The molecule has 1 aromatic carbocycles. The topological polar surface area (TPSA) is 84.2 Å². The van der Waals surface area contributed by atoms with Crippen molar-refractivity contribution in [2.45, 2.75) is 19.9 Å². The second-order valence-electron chi connectivity index (χ2n) is 6.75. The van der Waals surface area contributed by atoms with Crippen LogP contribution in [0.4, 0.5) is 5.82 Å². The third-order valence-electron chi connectivity index (χ3n) is 4.59. The van der Waals surface area contributed by atoms with E-state index in [2.05, 4.69) is 51.8 Å². The van der Waals surface area contributed by atoms with Gasteiger partial charge in [0.2, 0.25) is 5.91 Å². The van der Waals surface area contributed by atoms with Crippen molar-refractivity contribution in [1.29, 1.82) is 0 Å². The van der Waals surface area contributed by atoms with Crippen LogP contribution >= 0.6 is 0 Å². The molecule has 0 saturated heterocycles. The Morgan fingerprint density at radius 3 is 2.76 bits per heavy atom. The molecule has 0 aliphatic carbocycles. The number of aryl methyl sites for hydroxylation is 1. The van der Waals surface area contributed by atoms with Gasteiger partial charge in [-0.1, -0.05) is 35.9 Å². The molecule has 0 aliphatic rings. The van der Waals surface area contributed by atoms with Crippen LogP contribution in [0.15, 0.2) is 67.3 Å². The zero-order valence-corrected chi connectivity index (χ0v) is 16.2. The SMILES string of the molecule is Cc1ccc(-c2nc3cnccn3c2NCCC(=O)NCc2ccccn2)cc1. The van der Waals surface area contributed by atoms with Gasteiger partial charge in [0.1, 0.15) is 11.5 Å². The minimum Gasteiger partial charge on any atom is -0.369 e. The first kappa shape index (κ1) is 18.6. The Labute approximate surface area is 168 Å². The van der Waals surface area contributed by atoms with E-state index in [-0.39, 0.29) is 5.91 Å². The predicted octanol–water partition coefficient (Wildman–Crippen LogP) is 3.22. The summed E-state index contributed by atoms with van der Waals surface area (Å²) in [6.07, 6.45) is 7.37. The Morgan fingerprint density at radius 2 is 1.97 bits per heavy atom. The van der Waals surface area contributed by atoms with E-state index in [0.717, 1.165) is 28.4 Å². The van der Waals surface area contributed by atoms with Crippen molar-refractivity contribution in [2.75, 3.05) is 11.9 Å². The summed E-state index contributed by atoms with van der Waals surface area (Å²) < 4.78 is 1.95. The highest BCUT2D eigenvalue weighted by Crippen LogP contribution is 2.28. The summed E-state index contributed by atoms with van der Waals surface area (Å²) >= 11 is 0. The predicted molar refractivity (Wildman–Crippen MR) is 112 cm³/mol. The average molecular weight is 386 g/mol. The van der Waals surface area contributed by atoms with E-state index in [1.165, 1.54) is 5.56 Å². The van der Waals surface area contributed by atoms with E-state index in [1.807, 2.05) is 28.8 Å². The maximum absolute atomic E-state index is 12.2. The minimum atomic E-state index is -0.0319. The molecular weight excluding hydrogens is 364 g/mol. The fourth-order valence-electron chi connectivity index (χ4n) is 3.06. The molecule has 1 amide bonds. The van der Waals surface area contributed by atoms with Crippen molar-refractivity contribution in [1.82, 2.24) is 24.7 Å². The third-order valence-corrected chi connectivity index (χ3v) is 4.59. The van der Waals surface area contributed by atoms with Crippen molar-refractivity contribution in [3.05, 3.63) is 78.5 Å². The van der Waals surface area contributed by atoms with Gasteiger partial charge in [-0.25, -0.2) is 4.98 Å². The van der Waals surface area contributed by atoms with E-state index in [4.69, 9.17) is 4.98 Å². The lowest BCUT2D eigenvalue weighted by Gasteiger charge is -2.09. The van der Waals surface area contributed by atoms with Gasteiger partial charge in [-0.05, 0) is 19.1 Å². The normalized spacial score (nSPS) is 10.8. The van der Waals surface area contributed by atoms with Gasteiger partial charge in [-0.3, -0.25) is 19.2 Å². The van der Waals surface area contributed by atoms with E-state index in [1.54, 1.807) is 18.6 Å².